The zero-order chi connectivity index (χ0) is 37.6. The zero-order valence-corrected chi connectivity index (χ0v) is 34.2. The Hall–Kier alpha value is -6.65. The quantitative estimate of drug-likeness (QED) is 0.102. The van der Waals surface area contributed by atoms with E-state index in [2.05, 4.69) is 22.2 Å². The monoisotopic (exact) mass is 797 g/mol. The summed E-state index contributed by atoms with van der Waals surface area (Å²) in [6.45, 7) is 2.83. The van der Waals surface area contributed by atoms with Crippen molar-refractivity contribution in [3.63, 3.8) is 0 Å². The molecule has 2 aliphatic heterocycles. The van der Waals surface area contributed by atoms with E-state index in [1.807, 2.05) is 103 Å². The van der Waals surface area contributed by atoms with Crippen LogP contribution in [-0.4, -0.2) is 52.3 Å². The topological polar surface area (TPSA) is 147 Å². The summed E-state index contributed by atoms with van der Waals surface area (Å²) < 4.78 is 6.55. The maximum atomic E-state index is 12.8. The third-order valence-electron chi connectivity index (χ3n) is 10.2. The van der Waals surface area contributed by atoms with Gasteiger partial charge in [-0.1, -0.05) is 111 Å². The number of nitrogens with one attached hydrogen (secondary N) is 3. The number of amides is 1. The maximum absolute atomic E-state index is 12.8. The van der Waals surface area contributed by atoms with E-state index in [4.69, 9.17) is 34.6 Å². The van der Waals surface area contributed by atoms with Gasteiger partial charge in [-0.3, -0.25) is 4.79 Å². The van der Waals surface area contributed by atoms with E-state index < -0.39 is 0 Å². The first kappa shape index (κ1) is 36.0. The number of hydrogen-bond acceptors (Lipinski definition) is 8. The molecule has 3 N–H and O–H groups in total. The van der Waals surface area contributed by atoms with Crippen LogP contribution < -0.4 is 10.1 Å². The molecule has 11 nitrogen and oxygen atoms in total. The molecule has 3 aromatic heterocycles. The Morgan fingerprint density at radius 3 is 1.60 bits per heavy atom. The second kappa shape index (κ2) is 15.1. The molecule has 0 radical (unpaired) electrons. The standard InChI is InChI=1S/C45H35N9O2.Zn/c1-2-3-4-11-25-46-45(55)26-21-23-27(24-22-26)56-35-20-12-19-34-36(35)44-53-42-33-18-10-9-17-32(33)40(51-42)49-38-29-14-6-5-13-28(29)37(47-38)48-39-30-15-7-8-16-31(30)41(50-39)52-43(34)54-44;/h5-10,12-24H,2-4,11,25H2,1H3,(H,46,55)(H2,47,48,49,50,51,52,53,54);. The van der Waals surface area contributed by atoms with Crippen molar-refractivity contribution in [2.24, 2.45) is 0 Å². The van der Waals surface area contributed by atoms with E-state index in [0.717, 1.165) is 63.1 Å². The number of rotatable bonds is 8. The number of benzene rings is 5. The molecule has 0 spiro atoms. The van der Waals surface area contributed by atoms with E-state index in [1.54, 1.807) is 12.1 Å². The summed E-state index contributed by atoms with van der Waals surface area (Å²) >= 11 is 0. The largest absolute Gasteiger partial charge is 0.457 e. The molecule has 0 saturated carbocycles. The van der Waals surface area contributed by atoms with E-state index >= 15 is 0 Å². The number of carbonyl (C=O) groups is 1. The number of fused-ring (bicyclic) bond motifs is 20. The Labute approximate surface area is 339 Å². The van der Waals surface area contributed by atoms with Crippen molar-refractivity contribution in [1.29, 1.82) is 0 Å². The van der Waals surface area contributed by atoms with Crippen LogP contribution in [0, 0.1) is 0 Å². The Balaban J connectivity index is 0.00000422. The number of aromatic amines is 2. The summed E-state index contributed by atoms with van der Waals surface area (Å²) in [5, 5.41) is 6.37. The molecule has 0 atom stereocenters. The minimum atomic E-state index is -0.0987. The number of ether oxygens (including phenoxy) is 1. The summed E-state index contributed by atoms with van der Waals surface area (Å²) in [6.07, 6.45) is 4.40. The molecule has 8 bridgehead atoms. The fourth-order valence-corrected chi connectivity index (χ4v) is 7.40. The first-order valence-electron chi connectivity index (χ1n) is 18.9. The van der Waals surface area contributed by atoms with Crippen LogP contribution in [-0.2, 0) is 19.5 Å². The smallest absolute Gasteiger partial charge is 0.251 e. The third kappa shape index (κ3) is 6.61. The first-order valence-corrected chi connectivity index (χ1v) is 18.9. The molecule has 8 aromatic rings. The van der Waals surface area contributed by atoms with Gasteiger partial charge in [-0.15, -0.1) is 0 Å². The maximum Gasteiger partial charge on any atom is 0.251 e. The molecule has 0 aliphatic carbocycles. The molecule has 0 unspecified atom stereocenters. The SMILES string of the molecule is CCCCCCNC(=O)c1ccc(Oc2cccc3c4nc5nc(nc6[nH]c(nc7nc(nc([nH]4)c23)-c2ccccc2-7)c2ccccc62)-c2ccccc2-5)cc1.[Zn]. The average molecular weight is 799 g/mol. The van der Waals surface area contributed by atoms with E-state index in [-0.39, 0.29) is 25.4 Å². The van der Waals surface area contributed by atoms with Crippen molar-refractivity contribution in [3.8, 4) is 57.1 Å². The molecular formula is C45H35N9O2Zn. The fraction of sp³-hybridized carbons (Fsp3) is 0.133. The molecule has 57 heavy (non-hydrogen) atoms. The second-order valence-electron chi connectivity index (χ2n) is 13.9. The number of hydrogen-bond donors (Lipinski definition) is 3. The van der Waals surface area contributed by atoms with E-state index in [1.165, 1.54) is 6.42 Å². The number of aromatic nitrogens is 8. The van der Waals surface area contributed by atoms with Crippen molar-refractivity contribution in [1.82, 2.24) is 45.2 Å². The predicted octanol–water partition coefficient (Wildman–Crippen LogP) is 9.97. The van der Waals surface area contributed by atoms with Gasteiger partial charge in [-0.05, 0) is 36.8 Å². The second-order valence-corrected chi connectivity index (χ2v) is 13.9. The minimum absolute atomic E-state index is 0. The number of H-pyrrole nitrogens is 2. The van der Waals surface area contributed by atoms with Gasteiger partial charge in [-0.2, -0.15) is 0 Å². The van der Waals surface area contributed by atoms with Gasteiger partial charge in [0.15, 0.2) is 23.3 Å². The number of carbonyl (C=O) groups excluding carboxylic acids is 1. The molecule has 5 heterocycles. The fourth-order valence-electron chi connectivity index (χ4n) is 7.40. The summed E-state index contributed by atoms with van der Waals surface area (Å²) in [7, 11) is 0. The van der Waals surface area contributed by atoms with Gasteiger partial charge in [0.2, 0.25) is 0 Å². The summed E-state index contributed by atoms with van der Waals surface area (Å²) in [5.74, 6) is 3.14. The van der Waals surface area contributed by atoms with Crippen molar-refractivity contribution < 1.29 is 29.0 Å². The van der Waals surface area contributed by atoms with E-state index in [0.29, 0.717) is 69.5 Å². The Kier molecular flexibility index (Phi) is 9.56. The van der Waals surface area contributed by atoms with Gasteiger partial charge in [0, 0.05) is 70.0 Å². The van der Waals surface area contributed by atoms with Crippen LogP contribution in [0.3, 0.4) is 0 Å². The van der Waals surface area contributed by atoms with Crippen LogP contribution in [0.1, 0.15) is 43.0 Å². The van der Waals surface area contributed by atoms with Gasteiger partial charge in [0.1, 0.15) is 34.1 Å². The van der Waals surface area contributed by atoms with Crippen molar-refractivity contribution >= 4 is 50.0 Å². The molecule has 0 saturated heterocycles. The number of unbranched alkanes of at least 4 members (excludes halogenated alkanes) is 3. The first-order chi connectivity index (χ1) is 27.6. The van der Waals surface area contributed by atoms with Crippen LogP contribution >= 0.6 is 0 Å². The zero-order valence-electron chi connectivity index (χ0n) is 31.2. The molecule has 2 aliphatic rings. The van der Waals surface area contributed by atoms with Crippen LogP contribution in [0.4, 0.5) is 0 Å². The molecule has 0 fully saturated rings. The minimum Gasteiger partial charge on any atom is -0.457 e. The predicted molar refractivity (Wildman–Crippen MR) is 219 cm³/mol. The molecule has 274 valence electrons. The van der Waals surface area contributed by atoms with Crippen LogP contribution in [0.5, 0.6) is 11.5 Å². The van der Waals surface area contributed by atoms with E-state index in [9.17, 15) is 4.79 Å². The van der Waals surface area contributed by atoms with Crippen molar-refractivity contribution in [2.45, 2.75) is 32.6 Å². The van der Waals surface area contributed by atoms with Gasteiger partial charge >= 0.3 is 0 Å². The normalized spacial score (nSPS) is 11.5. The summed E-state index contributed by atoms with van der Waals surface area (Å²) in [5.41, 5.74) is 6.39. The Bertz CT molecular complexity index is 3010. The number of nitrogens with zero attached hydrogens (tertiary/aromatic N) is 6. The van der Waals surface area contributed by atoms with Crippen LogP contribution in [0.2, 0.25) is 0 Å². The van der Waals surface area contributed by atoms with Crippen molar-refractivity contribution in [3.05, 3.63) is 121 Å². The van der Waals surface area contributed by atoms with Crippen molar-refractivity contribution in [2.75, 3.05) is 6.54 Å². The molecule has 1 amide bonds. The van der Waals surface area contributed by atoms with Gasteiger partial charge < -0.3 is 20.0 Å². The molecule has 10 rings (SSSR count). The Morgan fingerprint density at radius 2 is 1.04 bits per heavy atom. The molecular weight excluding hydrogens is 764 g/mol. The summed E-state index contributed by atoms with van der Waals surface area (Å²) in [6, 6.07) is 36.9. The molecule has 5 aromatic carbocycles. The van der Waals surface area contributed by atoms with Gasteiger partial charge in [-0.25, -0.2) is 29.9 Å². The van der Waals surface area contributed by atoms with Crippen LogP contribution in [0.15, 0.2) is 115 Å². The average Bonchev–Trinajstić information content (AvgIpc) is 3.97. The van der Waals surface area contributed by atoms with Crippen LogP contribution in [0.25, 0.3) is 89.7 Å². The molecule has 12 heteroatoms. The summed E-state index contributed by atoms with van der Waals surface area (Å²) in [4.78, 5) is 50.2. The third-order valence-corrected chi connectivity index (χ3v) is 10.2. The Morgan fingerprint density at radius 1 is 0.544 bits per heavy atom. The van der Waals surface area contributed by atoms with Gasteiger partial charge in [0.25, 0.3) is 5.91 Å². The van der Waals surface area contributed by atoms with Gasteiger partial charge in [0.05, 0.1) is 5.39 Å².